The molecule has 0 aromatic rings. The van der Waals surface area contributed by atoms with E-state index in [9.17, 15) is 151 Å². The number of aliphatic hydroxyl groups is 16. The standard InChI is InChI=1S/C69H107ClO46S7/c70-15-23-54-38(85)46(93)62(101-23)110-55-24(16-117-8-1-31(71)72)103-64(48(95)40(55)87)112-57-26(18-119-10-3-33(75)76)105-66(50(97)42(57)89)114-59-28(20-121-12-5-35(79)80)107-68(52(99)44(59)91)116-61-30(22-123-14-7-37(83)84)108-69(53(100)45(61)92)115-60-29(21-122-13-6-36(81)82)106-67(51(98)43(60)90)113-58-27(19-120-11-4-34(77)78)104-65(49(96)41(58)88)111-56-25(17-118-9-2-32(73)74)102-63(109-54)47(94)39(56)86/h23-30,38-69,85-100H,1-22H2,(H,71,72)(H,73,74)(H,75,76)(H,77,78)(H,79,80)(H,81,82)(H,83,84). The highest BCUT2D eigenvalue weighted by Gasteiger charge is 2.61. The average molecular weight is 1930 g/mol. The topological polar surface area (TPSA) is 732 Å². The van der Waals surface area contributed by atoms with E-state index in [1.807, 2.05) is 0 Å². The van der Waals surface area contributed by atoms with Gasteiger partial charge in [-0.05, 0) is 0 Å². The molecule has 0 aromatic heterocycles. The van der Waals surface area contributed by atoms with Crippen molar-refractivity contribution in [1.29, 1.82) is 0 Å². The third-order valence-corrected chi connectivity index (χ3v) is 28.5. The van der Waals surface area contributed by atoms with E-state index >= 15 is 0 Å². The molecule has 30 aliphatic heterocycles. The van der Waals surface area contributed by atoms with Gasteiger partial charge < -0.3 is 193 Å². The molecule has 16 bridgehead atoms. The molecule has 0 amide bonds. The van der Waals surface area contributed by atoms with Crippen LogP contribution >= 0.6 is 93.9 Å². The van der Waals surface area contributed by atoms with Crippen molar-refractivity contribution in [3.8, 4) is 0 Å². The number of aliphatic hydroxyl groups excluding tert-OH is 16. The highest BCUT2D eigenvalue weighted by molar-refractivity contribution is 8.00. The van der Waals surface area contributed by atoms with E-state index < -0.39 is 338 Å². The van der Waals surface area contributed by atoms with Gasteiger partial charge in [-0.15, -0.1) is 11.6 Å². The Hall–Kier alpha value is -2.25. The number of carboxylic acid groups (broad SMARTS) is 7. The van der Waals surface area contributed by atoms with Crippen molar-refractivity contribution >= 4 is 136 Å². The summed E-state index contributed by atoms with van der Waals surface area (Å²) < 4.78 is 99.5. The van der Waals surface area contributed by atoms with Gasteiger partial charge in [0.2, 0.25) is 0 Å². The summed E-state index contributed by atoms with van der Waals surface area (Å²) in [6.07, 6.45) is -84.3. The van der Waals surface area contributed by atoms with Crippen LogP contribution in [0.3, 0.4) is 0 Å². The highest BCUT2D eigenvalue weighted by atomic mass is 35.5. The molecule has 40 atom stereocenters. The van der Waals surface area contributed by atoms with Gasteiger partial charge in [0, 0.05) is 80.5 Å². The fourth-order valence-corrected chi connectivity index (χ4v) is 21.5. The molecular weight excluding hydrogens is 1820 g/mol. The molecular formula is C69H107ClO46S7. The van der Waals surface area contributed by atoms with Gasteiger partial charge >= 0.3 is 41.8 Å². The Balaban J connectivity index is 1.10. The SMILES string of the molecule is O=C(O)CCSCC1OC2OC3C(CSCCC(=O)O)OC(OC4C(CSCCC(=O)O)OC(OC5C(CSCCC(=O)O)OC(OC6C(CSCCC(=O)O)OC(OC7C(CSCCC(=O)O)OC(OC8C(CSCCC(=O)O)OC(OC9C(CCl)OC(OC1C(O)C2O)C(O)C9O)C(O)C8O)C(O)C7O)C(O)C6O)C(O)C5O)C(O)C4O)C(O)C3O. The monoisotopic (exact) mass is 1930 g/mol. The molecule has 23 N–H and O–H groups in total. The van der Waals surface area contributed by atoms with E-state index in [0.717, 1.165) is 82.3 Å². The van der Waals surface area contributed by atoms with E-state index in [1.54, 1.807) is 0 Å². The largest absolute Gasteiger partial charge is 0.481 e. The first kappa shape index (κ1) is 104. The maximum absolute atomic E-state index is 12.3. The Labute approximate surface area is 735 Å². The molecule has 708 valence electrons. The van der Waals surface area contributed by atoms with Gasteiger partial charge in [0.05, 0.1) is 93.6 Å². The number of carboxylic acids is 7. The quantitative estimate of drug-likeness (QED) is 0.0205. The molecule has 0 aromatic carbocycles. The van der Waals surface area contributed by atoms with Gasteiger partial charge in [0.25, 0.3) is 0 Å². The van der Waals surface area contributed by atoms with Crippen LogP contribution in [-0.2, 0) is 109 Å². The summed E-state index contributed by atoms with van der Waals surface area (Å²) in [5, 5.41) is 261. The first-order valence-corrected chi connectivity index (χ1v) is 47.5. The number of ether oxygens (including phenoxy) is 16. The van der Waals surface area contributed by atoms with Crippen LogP contribution in [0.1, 0.15) is 44.9 Å². The molecule has 30 aliphatic rings. The van der Waals surface area contributed by atoms with Gasteiger partial charge in [0.15, 0.2) is 50.3 Å². The smallest absolute Gasteiger partial charge is 0.304 e. The van der Waals surface area contributed by atoms with Crippen LogP contribution in [-0.4, -0.2) is 491 Å². The number of halogens is 1. The summed E-state index contributed by atoms with van der Waals surface area (Å²) in [4.78, 5) is 82.2. The van der Waals surface area contributed by atoms with Crippen molar-refractivity contribution < 1.29 is 227 Å². The van der Waals surface area contributed by atoms with Gasteiger partial charge in [-0.25, -0.2) is 0 Å². The maximum atomic E-state index is 12.3. The summed E-state index contributed by atoms with van der Waals surface area (Å²) >= 11 is 12.7. The van der Waals surface area contributed by atoms with Gasteiger partial charge in [-0.3, -0.25) is 33.6 Å². The zero-order valence-corrected chi connectivity index (χ0v) is 71.5. The number of hydrogen-bond donors (Lipinski definition) is 23. The predicted molar refractivity (Wildman–Crippen MR) is 422 cm³/mol. The van der Waals surface area contributed by atoms with E-state index in [-0.39, 0.29) is 80.5 Å². The van der Waals surface area contributed by atoms with E-state index in [1.165, 1.54) is 0 Å². The predicted octanol–water partition coefficient (Wildman–Crippen LogP) is -7.65. The molecule has 54 heteroatoms. The summed E-state index contributed by atoms with van der Waals surface area (Å²) in [6, 6.07) is 0. The van der Waals surface area contributed by atoms with Crippen molar-refractivity contribution in [1.82, 2.24) is 0 Å². The molecule has 30 rings (SSSR count). The molecule has 0 radical (unpaired) electrons. The van der Waals surface area contributed by atoms with Crippen LogP contribution in [0.2, 0.25) is 0 Å². The normalized spacial score (nSPS) is 42.7. The van der Waals surface area contributed by atoms with E-state index in [4.69, 9.17) is 87.4 Å². The number of aliphatic carboxylic acids is 7. The van der Waals surface area contributed by atoms with Crippen LogP contribution in [0.4, 0.5) is 0 Å². The summed E-state index contributed by atoms with van der Waals surface area (Å²) in [6.45, 7) is 0. The lowest BCUT2D eigenvalue weighted by molar-refractivity contribution is -0.396. The second-order valence-electron chi connectivity index (χ2n) is 29.7. The lowest BCUT2D eigenvalue weighted by Gasteiger charge is -2.51. The molecule has 123 heavy (non-hydrogen) atoms. The maximum Gasteiger partial charge on any atom is 0.304 e. The highest BCUT2D eigenvalue weighted by Crippen LogP contribution is 2.43. The Morgan fingerprint density at radius 2 is 0.301 bits per heavy atom. The van der Waals surface area contributed by atoms with Crippen LogP contribution < -0.4 is 0 Å². The molecule has 0 aliphatic carbocycles. The third-order valence-electron chi connectivity index (χ3n) is 20.8. The summed E-state index contributed by atoms with van der Waals surface area (Å²) in [5.41, 5.74) is 0. The number of alkyl halides is 1. The average Bonchev–Trinajstić information content (AvgIpc) is 0.752. The Bertz CT molecular complexity index is 3170. The van der Waals surface area contributed by atoms with Gasteiger partial charge in [-0.2, -0.15) is 82.3 Å². The number of thioether (sulfide) groups is 7. The fraction of sp³-hybridized carbons (Fsp3) is 0.899. The van der Waals surface area contributed by atoms with E-state index in [0.29, 0.717) is 0 Å². The summed E-state index contributed by atoms with van der Waals surface area (Å²) in [7, 11) is 0. The molecule has 30 fully saturated rings. The zero-order chi connectivity index (χ0) is 90.0. The Morgan fingerprint density at radius 1 is 0.187 bits per heavy atom. The molecule has 40 unspecified atom stereocenters. The Kier molecular flexibility index (Phi) is 42.5. The zero-order valence-electron chi connectivity index (χ0n) is 65.1. The second-order valence-corrected chi connectivity index (χ2v) is 38.0. The van der Waals surface area contributed by atoms with Crippen molar-refractivity contribution in [2.45, 2.75) is 291 Å². The molecule has 0 saturated carbocycles. The fourth-order valence-electron chi connectivity index (χ4n) is 14.3. The van der Waals surface area contributed by atoms with Gasteiger partial charge in [0.1, 0.15) is 153 Å². The molecule has 30 heterocycles. The van der Waals surface area contributed by atoms with Crippen molar-refractivity contribution in [3.63, 3.8) is 0 Å². The molecule has 46 nitrogen and oxygen atoms in total. The van der Waals surface area contributed by atoms with Crippen LogP contribution in [0.15, 0.2) is 0 Å². The second kappa shape index (κ2) is 50.0. The first-order chi connectivity index (χ1) is 58.4. The number of rotatable bonds is 36. The van der Waals surface area contributed by atoms with Crippen molar-refractivity contribution in [3.05, 3.63) is 0 Å². The van der Waals surface area contributed by atoms with Crippen molar-refractivity contribution in [2.24, 2.45) is 0 Å². The third kappa shape index (κ3) is 28.6. The summed E-state index contributed by atoms with van der Waals surface area (Å²) in [5.74, 6) is -12.9. The number of carbonyl (C=O) groups is 7. The molecule has 30 saturated heterocycles. The lowest BCUT2D eigenvalue weighted by Crippen LogP contribution is -2.69. The Morgan fingerprint density at radius 3 is 0.415 bits per heavy atom. The van der Waals surface area contributed by atoms with Crippen molar-refractivity contribution in [2.75, 3.05) is 86.4 Å². The van der Waals surface area contributed by atoms with Crippen LogP contribution in [0.5, 0.6) is 0 Å². The molecule has 0 spiro atoms. The van der Waals surface area contributed by atoms with Gasteiger partial charge in [-0.1, -0.05) is 0 Å². The first-order valence-electron chi connectivity index (χ1n) is 38.9. The van der Waals surface area contributed by atoms with Crippen LogP contribution in [0.25, 0.3) is 0 Å². The lowest BCUT2D eigenvalue weighted by atomic mass is 9.95. The minimum atomic E-state index is -2.31. The van der Waals surface area contributed by atoms with Crippen LogP contribution in [0, 0.1) is 0 Å². The van der Waals surface area contributed by atoms with E-state index in [2.05, 4.69) is 0 Å². The number of hydrogen-bond acceptors (Lipinski definition) is 46. The minimum Gasteiger partial charge on any atom is -0.481 e. The minimum absolute atomic E-state index is 0.132.